The molecule has 0 radical (unpaired) electrons. The first kappa shape index (κ1) is 65.2. The first-order valence-corrected chi connectivity index (χ1v) is 38.8. The van der Waals surface area contributed by atoms with Crippen molar-refractivity contribution in [2.45, 2.75) is 49.4 Å². The van der Waals surface area contributed by atoms with E-state index in [1.165, 1.54) is 94.6 Å². The maximum Gasteiger partial charge on any atom is 0.165 e. The predicted octanol–water partition coefficient (Wildman–Crippen LogP) is 25.4. The van der Waals surface area contributed by atoms with Crippen LogP contribution in [0.25, 0.3) is 146 Å². The number of benzene rings is 16. The van der Waals surface area contributed by atoms with Crippen molar-refractivity contribution >= 4 is 21.5 Å². The zero-order valence-corrected chi connectivity index (χ0v) is 62.3. The van der Waals surface area contributed by atoms with Crippen LogP contribution >= 0.6 is 0 Å². The Morgan fingerprint density at radius 3 is 1.05 bits per heavy atom. The molecule has 0 aliphatic heterocycles. The molecule has 0 atom stereocenters. The van der Waals surface area contributed by atoms with Crippen molar-refractivity contribution in [3.63, 3.8) is 0 Å². The molecule has 0 saturated heterocycles. The summed E-state index contributed by atoms with van der Waals surface area (Å²) in [7, 11) is 0. The van der Waals surface area contributed by atoms with Crippen LogP contribution in [0.2, 0.25) is 0 Å². The lowest BCUT2D eigenvalue weighted by Crippen LogP contribution is -2.41. The minimum absolute atomic E-state index is 0.245. The second-order valence-electron chi connectivity index (χ2n) is 31.4. The standard InChI is InChI=1S/C106H72N6/c1-103(2)87-50-22-25-53-90(87)106(91-54-26-23-51-88(91)103)86-49-21-18-43-79(86)80-58-57-69(64-94(80)106)72-59-60-75-71(44-29-45-81(75)95(72)102-111-98(66-33-10-6-11-34-66)107-99(112-102)67-35-12-7-13-36-67)68-37-28-38-70(63-68)100-108-97(65-31-8-5-9-32-65)109-101(110-100)83-62-61-76(73-39-14-15-40-74(73)83)82-46-30-56-93-96(82)104(3,4)89-52-24-27-55-92(89)105(93)84-47-19-16-41-77(84)78-42-17-20-48-85(78)105/h5-64H,1-4H3. The lowest BCUT2D eigenvalue weighted by molar-refractivity contribution is 0.563. The van der Waals surface area contributed by atoms with Crippen LogP contribution in [0.5, 0.6) is 0 Å². The smallest absolute Gasteiger partial charge is 0.165 e. The summed E-state index contributed by atoms with van der Waals surface area (Å²) >= 11 is 0. The van der Waals surface area contributed by atoms with Crippen molar-refractivity contribution in [1.82, 2.24) is 29.9 Å². The molecule has 6 heteroatoms. The largest absolute Gasteiger partial charge is 0.208 e. The molecule has 526 valence electrons. The fraction of sp³-hybridized carbons (Fsp3) is 0.0755. The quantitative estimate of drug-likeness (QED) is 0.143. The van der Waals surface area contributed by atoms with Crippen LogP contribution in [0.15, 0.2) is 364 Å². The maximum absolute atomic E-state index is 5.58. The van der Waals surface area contributed by atoms with Crippen LogP contribution in [0.1, 0.15) is 94.5 Å². The van der Waals surface area contributed by atoms with Gasteiger partial charge in [0.25, 0.3) is 0 Å². The minimum Gasteiger partial charge on any atom is -0.208 e. The van der Waals surface area contributed by atoms with E-state index in [1.54, 1.807) is 0 Å². The topological polar surface area (TPSA) is 77.3 Å². The van der Waals surface area contributed by atoms with E-state index in [2.05, 4.69) is 337 Å². The summed E-state index contributed by atoms with van der Waals surface area (Å²) < 4.78 is 0. The average Bonchev–Trinajstić information content (AvgIpc) is 1.45. The van der Waals surface area contributed by atoms with Crippen LogP contribution in [0.3, 0.4) is 0 Å². The fourth-order valence-electron chi connectivity index (χ4n) is 20.1. The van der Waals surface area contributed by atoms with Crippen molar-refractivity contribution in [2.75, 3.05) is 0 Å². The van der Waals surface area contributed by atoms with Gasteiger partial charge < -0.3 is 0 Å². The van der Waals surface area contributed by atoms with Gasteiger partial charge in [-0.2, -0.15) is 0 Å². The van der Waals surface area contributed by atoms with E-state index in [1.807, 2.05) is 54.6 Å². The highest BCUT2D eigenvalue weighted by Crippen LogP contribution is 2.65. The summed E-state index contributed by atoms with van der Waals surface area (Å²) in [5, 5.41) is 4.21. The van der Waals surface area contributed by atoms with Gasteiger partial charge in [0, 0.05) is 44.2 Å². The lowest BCUT2D eigenvalue weighted by atomic mass is 9.54. The first-order valence-electron chi connectivity index (χ1n) is 38.8. The van der Waals surface area contributed by atoms with E-state index < -0.39 is 10.8 Å². The van der Waals surface area contributed by atoms with Crippen LogP contribution in [0.4, 0.5) is 0 Å². The second-order valence-corrected chi connectivity index (χ2v) is 31.4. The third-order valence-corrected chi connectivity index (χ3v) is 25.0. The van der Waals surface area contributed by atoms with Crippen molar-refractivity contribution in [2.24, 2.45) is 0 Å². The predicted molar refractivity (Wildman–Crippen MR) is 456 cm³/mol. The Kier molecular flexibility index (Phi) is 14.4. The van der Waals surface area contributed by atoms with Gasteiger partial charge in [-0.05, 0) is 162 Å². The van der Waals surface area contributed by atoms with Gasteiger partial charge in [-0.3, -0.25) is 0 Å². The van der Waals surface area contributed by atoms with E-state index in [0.717, 1.165) is 82.7 Å². The first-order chi connectivity index (χ1) is 55.1. The number of aromatic nitrogens is 6. The summed E-state index contributed by atoms with van der Waals surface area (Å²) in [6.07, 6.45) is 0. The highest BCUT2D eigenvalue weighted by atomic mass is 15.0. The highest BCUT2D eigenvalue weighted by molar-refractivity contribution is 6.10. The van der Waals surface area contributed by atoms with E-state index in [0.29, 0.717) is 34.9 Å². The highest BCUT2D eigenvalue weighted by Gasteiger charge is 2.55. The molecule has 0 amide bonds. The summed E-state index contributed by atoms with van der Waals surface area (Å²) in [5.41, 5.74) is 31.0. The molecule has 2 spiro atoms. The molecule has 112 heavy (non-hydrogen) atoms. The van der Waals surface area contributed by atoms with Crippen molar-refractivity contribution in [3.05, 3.63) is 431 Å². The van der Waals surface area contributed by atoms with Gasteiger partial charge in [-0.15, -0.1) is 0 Å². The number of rotatable bonds is 9. The van der Waals surface area contributed by atoms with Crippen LogP contribution in [0, 0.1) is 0 Å². The molecule has 2 heterocycles. The SMILES string of the molecule is CC1(C)c2ccccc2C2(c3ccccc3-c3ccc(-c4ccc5c(-c6cccc(-c7nc(-c8ccccc8)nc(-c8ccc(-c9cccc%10c9C(C)(C)c9ccccc9C%109c%10ccccc%10-c%10ccccc%109)c9ccccc89)n7)c6)cccc5c4-c4nc(-c5ccccc5)nc(-c5ccccc5)n4)cc32)c2ccccc21. The molecule has 0 bridgehead atoms. The van der Waals surface area contributed by atoms with E-state index in [-0.39, 0.29) is 10.8 Å². The molecule has 6 nitrogen and oxygen atoms in total. The molecular weight excluding hydrogens is 1360 g/mol. The minimum atomic E-state index is -0.607. The molecular formula is C106H72N6. The average molecular weight is 1430 g/mol. The Morgan fingerprint density at radius 1 is 0.170 bits per heavy atom. The summed E-state index contributed by atoms with van der Waals surface area (Å²) in [4.78, 5) is 32.8. The van der Waals surface area contributed by atoms with Crippen LogP contribution < -0.4 is 0 Å². The van der Waals surface area contributed by atoms with Gasteiger partial charge in [-0.25, -0.2) is 29.9 Å². The van der Waals surface area contributed by atoms with Gasteiger partial charge in [0.15, 0.2) is 34.9 Å². The van der Waals surface area contributed by atoms with E-state index in [4.69, 9.17) is 29.9 Å². The second kappa shape index (κ2) is 24.8. The molecule has 0 unspecified atom stereocenters. The Hall–Kier alpha value is -13.9. The van der Waals surface area contributed by atoms with Crippen LogP contribution in [-0.4, -0.2) is 29.9 Å². The Bertz CT molecular complexity index is 6800. The molecule has 2 aromatic heterocycles. The van der Waals surface area contributed by atoms with Crippen molar-refractivity contribution in [3.8, 4) is 124 Å². The maximum atomic E-state index is 5.58. The molecule has 18 aromatic rings. The monoisotopic (exact) mass is 1430 g/mol. The molecule has 22 rings (SSSR count). The number of hydrogen-bond acceptors (Lipinski definition) is 6. The normalized spacial score (nSPS) is 14.4. The van der Waals surface area contributed by atoms with E-state index >= 15 is 0 Å². The summed E-state index contributed by atoms with van der Waals surface area (Å²) in [6, 6.07) is 133. The molecule has 4 aliphatic carbocycles. The third-order valence-electron chi connectivity index (χ3n) is 25.0. The summed E-state index contributed by atoms with van der Waals surface area (Å²) in [6.45, 7) is 9.61. The molecule has 4 aliphatic rings. The van der Waals surface area contributed by atoms with E-state index in [9.17, 15) is 0 Å². The number of nitrogens with zero attached hydrogens (tertiary/aromatic N) is 6. The number of hydrogen-bond donors (Lipinski definition) is 0. The van der Waals surface area contributed by atoms with Crippen molar-refractivity contribution in [1.29, 1.82) is 0 Å². The molecule has 0 N–H and O–H groups in total. The summed E-state index contributed by atoms with van der Waals surface area (Å²) in [5.74, 6) is 3.50. The fourth-order valence-corrected chi connectivity index (χ4v) is 20.1. The van der Waals surface area contributed by atoms with Gasteiger partial charge in [-0.1, -0.05) is 373 Å². The Balaban J connectivity index is 0.718. The molecule has 16 aromatic carbocycles. The van der Waals surface area contributed by atoms with Crippen molar-refractivity contribution < 1.29 is 0 Å². The number of fused-ring (bicyclic) bond motifs is 20. The van der Waals surface area contributed by atoms with Gasteiger partial charge in [0.05, 0.1) is 10.8 Å². The lowest BCUT2D eigenvalue weighted by Gasteiger charge is -2.47. The zero-order valence-electron chi connectivity index (χ0n) is 62.3. The molecule has 0 saturated carbocycles. The van der Waals surface area contributed by atoms with Gasteiger partial charge in [0.1, 0.15) is 0 Å². The Morgan fingerprint density at radius 2 is 0.500 bits per heavy atom. The zero-order chi connectivity index (χ0) is 74.6. The Labute approximate surface area is 651 Å². The third kappa shape index (κ3) is 9.39. The van der Waals surface area contributed by atoms with Gasteiger partial charge in [0.2, 0.25) is 0 Å². The van der Waals surface area contributed by atoms with Crippen LogP contribution in [-0.2, 0) is 21.7 Å². The van der Waals surface area contributed by atoms with Gasteiger partial charge >= 0.3 is 0 Å². The molecule has 0 fully saturated rings.